The largest absolute Gasteiger partial charge is 0.407 e. The summed E-state index contributed by atoms with van der Waals surface area (Å²) in [7, 11) is -10.0. The molecule has 0 atom stereocenters. The molecule has 0 saturated carbocycles. The molecule has 0 fully saturated rings. The lowest BCUT2D eigenvalue weighted by atomic mass is 9.91. The van der Waals surface area contributed by atoms with E-state index in [0.717, 1.165) is 103 Å². The van der Waals surface area contributed by atoms with Gasteiger partial charge in [0.25, 0.3) is 0 Å². The van der Waals surface area contributed by atoms with E-state index in [0.29, 0.717) is 60.4 Å². The molecular weight excluding hydrogens is 1140 g/mol. The van der Waals surface area contributed by atoms with E-state index in [1.54, 1.807) is 0 Å². The highest BCUT2D eigenvalue weighted by Gasteiger charge is 2.47. The van der Waals surface area contributed by atoms with Crippen LogP contribution in [0.3, 0.4) is 0 Å². The molecule has 8 rings (SSSR count). The second-order valence-electron chi connectivity index (χ2n) is 24.0. The number of hydrogen-bond acceptors (Lipinski definition) is 12. The first-order valence-corrected chi connectivity index (χ1v) is 42.7. The fourth-order valence-electron chi connectivity index (χ4n) is 10.8. The highest BCUT2D eigenvalue weighted by atomic mass is 28.4. The van der Waals surface area contributed by atoms with E-state index in [2.05, 4.69) is 195 Å². The van der Waals surface area contributed by atoms with Gasteiger partial charge in [-0.1, -0.05) is 231 Å². The quantitative estimate of drug-likeness (QED) is 0.167. The van der Waals surface area contributed by atoms with Gasteiger partial charge in [-0.2, -0.15) is 0 Å². The summed E-state index contributed by atoms with van der Waals surface area (Å²) in [6.07, 6.45) is 31.4. The van der Waals surface area contributed by atoms with Crippen molar-refractivity contribution in [3.05, 3.63) is 134 Å². The maximum atomic E-state index is 6.31. The van der Waals surface area contributed by atoms with Crippen molar-refractivity contribution in [2.45, 2.75) is 189 Å². The molecule has 6 aliphatic heterocycles. The first-order valence-electron chi connectivity index (χ1n) is 31.9. The molecule has 476 valence electrons. The van der Waals surface area contributed by atoms with Gasteiger partial charge in [0.2, 0.25) is 0 Å². The molecule has 0 radical (unpaired) electrons. The van der Waals surface area contributed by atoms with Crippen molar-refractivity contribution in [1.29, 1.82) is 0 Å². The van der Waals surface area contributed by atoms with Crippen molar-refractivity contribution in [2.75, 3.05) is 79.3 Å². The van der Waals surface area contributed by atoms with Gasteiger partial charge in [-0.3, -0.25) is 0 Å². The SMILES string of the molecule is C1=CCO[Si](c2ccccc2)(c2ccccc2)OCC1.CC(C)C1(C(C)C)OCC=CCO1.CC(C)[Si]1(C(C)C)OC/C=C\CCO1.CC(C)[Si]1(C(C)C)OCC/C=C\CCO1.CC[Si]1(CC)OC/C=C\CCO1.C[Si]1(C)OC/C=C\CCO1. The first kappa shape index (κ1) is 75.7. The second kappa shape index (κ2) is 40.9. The van der Waals surface area contributed by atoms with Crippen LogP contribution in [-0.4, -0.2) is 128 Å². The predicted molar refractivity (Wildman–Crippen MR) is 360 cm³/mol. The summed E-state index contributed by atoms with van der Waals surface area (Å²) < 4.78 is 71.2. The molecule has 0 N–H and O–H groups in total. The molecule has 0 amide bonds. The Morgan fingerprint density at radius 1 is 0.345 bits per heavy atom. The Labute approximate surface area is 517 Å². The van der Waals surface area contributed by atoms with Crippen LogP contribution in [0, 0.1) is 11.8 Å². The molecule has 0 unspecified atom stereocenters. The van der Waals surface area contributed by atoms with Crippen LogP contribution in [0.1, 0.15) is 135 Å². The summed E-state index contributed by atoms with van der Waals surface area (Å²) in [5.74, 6) is 0.364. The van der Waals surface area contributed by atoms with E-state index in [1.165, 1.54) is 10.4 Å². The van der Waals surface area contributed by atoms with Crippen molar-refractivity contribution < 1.29 is 53.7 Å². The molecule has 2 aromatic rings. The van der Waals surface area contributed by atoms with E-state index in [1.807, 2.05) is 48.6 Å². The Hall–Kier alpha value is -2.52. The minimum Gasteiger partial charge on any atom is -0.394 e. The molecule has 0 aromatic heterocycles. The van der Waals surface area contributed by atoms with Crippen LogP contribution in [-0.2, 0) is 53.7 Å². The predicted octanol–water partition coefficient (Wildman–Crippen LogP) is 15.9. The van der Waals surface area contributed by atoms with Crippen LogP contribution >= 0.6 is 0 Å². The number of benzene rings is 2. The summed E-state index contributed by atoms with van der Waals surface area (Å²) in [5.41, 5.74) is 2.09. The van der Waals surface area contributed by atoms with Gasteiger partial charge in [0.1, 0.15) is 0 Å². The zero-order valence-electron chi connectivity index (χ0n) is 55.2. The van der Waals surface area contributed by atoms with Gasteiger partial charge < -0.3 is 53.7 Å². The molecule has 0 saturated heterocycles. The van der Waals surface area contributed by atoms with Crippen LogP contribution in [0.5, 0.6) is 0 Å². The van der Waals surface area contributed by atoms with Crippen LogP contribution in [0.15, 0.2) is 134 Å². The Balaban J connectivity index is 0.000000268. The molecule has 12 nitrogen and oxygen atoms in total. The molecule has 0 aliphatic carbocycles. The molecule has 6 heterocycles. The lowest BCUT2D eigenvalue weighted by molar-refractivity contribution is -0.272. The van der Waals surface area contributed by atoms with Crippen molar-refractivity contribution >= 4 is 53.2 Å². The van der Waals surface area contributed by atoms with E-state index in [9.17, 15) is 0 Å². The van der Waals surface area contributed by atoms with Gasteiger partial charge in [0.05, 0.1) is 39.6 Å². The molecule has 0 spiro atoms. The molecule has 2 aromatic carbocycles. The second-order valence-corrected chi connectivity index (χ2v) is 42.8. The summed E-state index contributed by atoms with van der Waals surface area (Å²) in [5, 5.41) is 2.34. The zero-order valence-corrected chi connectivity index (χ0v) is 60.2. The van der Waals surface area contributed by atoms with E-state index >= 15 is 0 Å². The van der Waals surface area contributed by atoms with E-state index < -0.39 is 48.6 Å². The van der Waals surface area contributed by atoms with Gasteiger partial charge in [-0.05, 0) is 96.2 Å². The Morgan fingerprint density at radius 2 is 0.667 bits per heavy atom. The van der Waals surface area contributed by atoms with Crippen LogP contribution in [0.2, 0.25) is 47.3 Å². The van der Waals surface area contributed by atoms with Gasteiger partial charge in [0, 0.05) is 51.5 Å². The van der Waals surface area contributed by atoms with Crippen LogP contribution < -0.4 is 10.4 Å². The fraction of sp³-hybridized carbons (Fsp3) is 0.642. The number of hydrogen-bond donors (Lipinski definition) is 0. The van der Waals surface area contributed by atoms with Gasteiger partial charge >= 0.3 is 42.8 Å². The van der Waals surface area contributed by atoms with Crippen LogP contribution in [0.4, 0.5) is 0 Å². The average molecular weight is 1250 g/mol. The lowest BCUT2D eigenvalue weighted by Gasteiger charge is -2.39. The monoisotopic (exact) mass is 1250 g/mol. The summed E-state index contributed by atoms with van der Waals surface area (Å²) in [4.78, 5) is 0. The van der Waals surface area contributed by atoms with Gasteiger partial charge in [0.15, 0.2) is 5.79 Å². The van der Waals surface area contributed by atoms with Gasteiger partial charge in [-0.25, -0.2) is 0 Å². The smallest absolute Gasteiger partial charge is 0.394 e. The van der Waals surface area contributed by atoms with Crippen molar-refractivity contribution in [3.63, 3.8) is 0 Å². The minimum absolute atomic E-state index is 0.382. The molecule has 0 bridgehead atoms. The zero-order chi connectivity index (χ0) is 61.8. The van der Waals surface area contributed by atoms with Gasteiger partial charge in [-0.15, -0.1) is 0 Å². The highest BCUT2D eigenvalue weighted by molar-refractivity contribution is 6.92. The number of ether oxygens (including phenoxy) is 2. The Bertz CT molecular complexity index is 2100. The number of rotatable bonds is 10. The van der Waals surface area contributed by atoms with Crippen LogP contribution in [0.25, 0.3) is 0 Å². The fourth-order valence-corrected chi connectivity index (χ4v) is 24.5. The standard InChI is InChI=1S/C17H18O2Si.C12H24O2Si.C11H22O2Si.C11H20O2.C9H18O2Si.C7H14O2Si/c1-4-10-16(11-5-1)20(17-12-6-2-7-13-17)18-14-8-3-9-15-19-20;1-11(2)15(12(3)4)13-9-7-5-6-8-10-14-15;1-10(2)14(11(3)4)12-8-6-5-7-9-13-14;1-9(2)11(10(3)4)12-7-5-6-8-13-11;1-3-12(4-2)10-8-6-5-7-9-11-12;1-10(2)8-6-4-3-5-7-9-10/h1-8,10-13H,9,14-15H2;5-6,11-12H,7-10H2,1-4H3;5-6,10-11H,7-9H2,1-4H3;5-6,9-10H,7-8H2,1-4H3;5-6H,3-4,7-9H2,1-2H3;3-4H,5-7H2,1-2H3/b;2*6-5-;;6-5-;4-3-. The third-order valence-electron chi connectivity index (χ3n) is 15.6. The molecular formula is C67H116O12Si5. The average Bonchev–Trinajstić information content (AvgIpc) is 3.82. The Kier molecular flexibility index (Phi) is 36.9. The topological polar surface area (TPSA) is 111 Å². The van der Waals surface area contributed by atoms with Crippen molar-refractivity contribution in [3.8, 4) is 0 Å². The molecule has 84 heavy (non-hydrogen) atoms. The summed E-state index contributed by atoms with van der Waals surface area (Å²) in [6.45, 7) is 43.8. The minimum atomic E-state index is -2.57. The maximum Gasteiger partial charge on any atom is 0.407 e. The third kappa shape index (κ3) is 25.2. The Morgan fingerprint density at radius 3 is 1.06 bits per heavy atom. The summed E-state index contributed by atoms with van der Waals surface area (Å²) >= 11 is 0. The third-order valence-corrected chi connectivity index (χ3v) is 33.3. The van der Waals surface area contributed by atoms with Crippen molar-refractivity contribution in [2.24, 2.45) is 11.8 Å². The lowest BCUT2D eigenvalue weighted by Crippen LogP contribution is -2.63. The molecule has 6 aliphatic rings. The normalized spacial score (nSPS) is 23.4. The summed E-state index contributed by atoms with van der Waals surface area (Å²) in [6, 6.07) is 22.9. The van der Waals surface area contributed by atoms with E-state index in [-0.39, 0.29) is 0 Å². The molecule has 17 heteroatoms. The van der Waals surface area contributed by atoms with Crippen molar-refractivity contribution in [1.82, 2.24) is 0 Å². The first-order chi connectivity index (χ1) is 40.2. The maximum absolute atomic E-state index is 6.31. The highest BCUT2D eigenvalue weighted by Crippen LogP contribution is 2.37. The van der Waals surface area contributed by atoms with E-state index in [4.69, 9.17) is 53.7 Å².